The third kappa shape index (κ3) is 3.22. The minimum absolute atomic E-state index is 0.0743. The van der Waals surface area contributed by atoms with Crippen LogP contribution in [0.4, 0.5) is 4.79 Å². The van der Waals surface area contributed by atoms with E-state index < -0.39 is 17.6 Å². The molecule has 1 aliphatic rings. The van der Waals surface area contributed by atoms with E-state index in [4.69, 9.17) is 4.74 Å². The van der Waals surface area contributed by atoms with Gasteiger partial charge in [-0.05, 0) is 24.7 Å². The van der Waals surface area contributed by atoms with Crippen LogP contribution in [0.5, 0.6) is 0 Å². The van der Waals surface area contributed by atoms with Gasteiger partial charge >= 0.3 is 12.1 Å². The van der Waals surface area contributed by atoms with Gasteiger partial charge in [0.05, 0.1) is 0 Å². The van der Waals surface area contributed by atoms with Crippen LogP contribution in [0.15, 0.2) is 12.7 Å². The van der Waals surface area contributed by atoms with Gasteiger partial charge in [-0.25, -0.2) is 9.59 Å². The molecular weight excluding hydrogens is 222 g/mol. The van der Waals surface area contributed by atoms with E-state index in [1.807, 2.05) is 13.8 Å². The lowest BCUT2D eigenvalue weighted by Gasteiger charge is -2.27. The molecule has 17 heavy (non-hydrogen) atoms. The molecule has 1 rings (SSSR count). The Bertz CT molecular complexity index is 337. The molecule has 1 aliphatic carbocycles. The summed E-state index contributed by atoms with van der Waals surface area (Å²) in [7, 11) is 0. The number of amides is 1. The average Bonchev–Trinajstić information content (AvgIpc) is 2.52. The molecule has 0 aromatic heterocycles. The maximum absolute atomic E-state index is 11.4. The van der Waals surface area contributed by atoms with Gasteiger partial charge in [0.2, 0.25) is 0 Å². The second-order valence-electron chi connectivity index (χ2n) is 5.24. The Labute approximate surface area is 101 Å². The summed E-state index contributed by atoms with van der Waals surface area (Å²) in [6.07, 6.45) is 2.34. The Balaban J connectivity index is 2.71. The summed E-state index contributed by atoms with van der Waals surface area (Å²) in [6, 6.07) is 0. The van der Waals surface area contributed by atoms with Gasteiger partial charge in [0, 0.05) is 0 Å². The fourth-order valence-corrected chi connectivity index (χ4v) is 2.25. The molecule has 0 bridgehead atoms. The van der Waals surface area contributed by atoms with Crippen molar-refractivity contribution in [2.24, 2.45) is 5.41 Å². The fraction of sp³-hybridized carbons (Fsp3) is 0.667. The molecule has 0 heterocycles. The fourth-order valence-electron chi connectivity index (χ4n) is 2.25. The number of carbonyl (C=O) groups is 2. The molecule has 5 nitrogen and oxygen atoms in total. The summed E-state index contributed by atoms with van der Waals surface area (Å²) in [6.45, 7) is 7.48. The lowest BCUT2D eigenvalue weighted by atomic mass is 9.88. The number of carbonyl (C=O) groups excluding carboxylic acids is 1. The van der Waals surface area contributed by atoms with Crippen molar-refractivity contribution in [3.63, 3.8) is 0 Å². The minimum Gasteiger partial charge on any atom is -0.480 e. The van der Waals surface area contributed by atoms with Crippen LogP contribution in [-0.4, -0.2) is 29.3 Å². The zero-order valence-corrected chi connectivity index (χ0v) is 10.3. The van der Waals surface area contributed by atoms with E-state index in [9.17, 15) is 14.7 Å². The highest BCUT2D eigenvalue weighted by atomic mass is 16.5. The molecule has 5 heteroatoms. The Hall–Kier alpha value is -1.52. The Morgan fingerprint density at radius 3 is 2.53 bits per heavy atom. The topological polar surface area (TPSA) is 75.6 Å². The predicted molar refractivity (Wildman–Crippen MR) is 62.7 cm³/mol. The maximum atomic E-state index is 11.4. The van der Waals surface area contributed by atoms with Crippen molar-refractivity contribution >= 4 is 12.1 Å². The van der Waals surface area contributed by atoms with Crippen LogP contribution in [0.3, 0.4) is 0 Å². The summed E-state index contributed by atoms with van der Waals surface area (Å²) < 4.78 is 4.77. The summed E-state index contributed by atoms with van der Waals surface area (Å²) in [5.41, 5.74) is -1.27. The lowest BCUT2D eigenvalue weighted by molar-refractivity contribution is -0.144. The molecule has 1 unspecified atom stereocenters. The average molecular weight is 241 g/mol. The third-order valence-corrected chi connectivity index (χ3v) is 3.09. The van der Waals surface area contributed by atoms with Crippen LogP contribution in [0.1, 0.15) is 33.1 Å². The molecular formula is C12H19NO4. The second-order valence-corrected chi connectivity index (χ2v) is 5.24. The van der Waals surface area contributed by atoms with Crippen molar-refractivity contribution in [1.82, 2.24) is 5.32 Å². The van der Waals surface area contributed by atoms with Crippen LogP contribution < -0.4 is 5.32 Å². The van der Waals surface area contributed by atoms with Crippen molar-refractivity contribution in [1.29, 1.82) is 0 Å². The Morgan fingerprint density at radius 2 is 2.12 bits per heavy atom. The number of hydrogen-bond donors (Lipinski definition) is 2. The molecule has 0 aliphatic heterocycles. The molecule has 0 saturated heterocycles. The SMILES string of the molecule is C=CCOC(=O)NC1(C(=O)O)CCC(C)(C)C1. The van der Waals surface area contributed by atoms with Gasteiger partial charge in [0.1, 0.15) is 12.1 Å². The van der Waals surface area contributed by atoms with E-state index >= 15 is 0 Å². The summed E-state index contributed by atoms with van der Waals surface area (Å²) in [5.74, 6) is -1.00. The van der Waals surface area contributed by atoms with E-state index in [-0.39, 0.29) is 12.0 Å². The van der Waals surface area contributed by atoms with E-state index in [2.05, 4.69) is 11.9 Å². The van der Waals surface area contributed by atoms with Gasteiger partial charge in [0.15, 0.2) is 0 Å². The van der Waals surface area contributed by atoms with E-state index in [0.717, 1.165) is 6.42 Å². The highest BCUT2D eigenvalue weighted by Crippen LogP contribution is 2.43. The molecule has 1 fully saturated rings. The number of alkyl carbamates (subject to hydrolysis) is 1. The van der Waals surface area contributed by atoms with E-state index in [1.165, 1.54) is 6.08 Å². The number of carboxylic acids is 1. The van der Waals surface area contributed by atoms with E-state index in [0.29, 0.717) is 12.8 Å². The third-order valence-electron chi connectivity index (χ3n) is 3.09. The van der Waals surface area contributed by atoms with Crippen molar-refractivity contribution < 1.29 is 19.4 Å². The Morgan fingerprint density at radius 1 is 1.47 bits per heavy atom. The number of aliphatic carboxylic acids is 1. The van der Waals surface area contributed by atoms with Crippen LogP contribution in [0.2, 0.25) is 0 Å². The molecule has 0 spiro atoms. The van der Waals surface area contributed by atoms with Gasteiger partial charge in [-0.3, -0.25) is 0 Å². The molecule has 0 aromatic carbocycles. The number of ether oxygens (including phenoxy) is 1. The molecule has 1 saturated carbocycles. The van der Waals surface area contributed by atoms with Crippen molar-refractivity contribution in [2.75, 3.05) is 6.61 Å². The van der Waals surface area contributed by atoms with Crippen LogP contribution in [0.25, 0.3) is 0 Å². The van der Waals surface area contributed by atoms with Crippen molar-refractivity contribution in [3.05, 3.63) is 12.7 Å². The quantitative estimate of drug-likeness (QED) is 0.737. The first-order chi connectivity index (χ1) is 7.81. The standard InChI is InChI=1S/C12H19NO4/c1-4-7-17-10(16)13-12(9(14)15)6-5-11(2,3)8-12/h4H,1,5-8H2,2-3H3,(H,13,16)(H,14,15). The largest absolute Gasteiger partial charge is 0.480 e. The van der Waals surface area contributed by atoms with Crippen molar-refractivity contribution in [2.45, 2.75) is 38.6 Å². The summed E-state index contributed by atoms with van der Waals surface area (Å²) in [4.78, 5) is 22.8. The van der Waals surface area contributed by atoms with E-state index in [1.54, 1.807) is 0 Å². The van der Waals surface area contributed by atoms with Crippen molar-refractivity contribution in [3.8, 4) is 0 Å². The summed E-state index contributed by atoms with van der Waals surface area (Å²) >= 11 is 0. The van der Waals surface area contributed by atoms with Crippen LogP contribution in [-0.2, 0) is 9.53 Å². The highest BCUT2D eigenvalue weighted by molar-refractivity contribution is 5.84. The number of nitrogens with one attached hydrogen (secondary N) is 1. The number of rotatable bonds is 4. The second kappa shape index (κ2) is 4.77. The Kier molecular flexibility index (Phi) is 3.80. The molecule has 96 valence electrons. The molecule has 1 atom stereocenters. The monoisotopic (exact) mass is 241 g/mol. The lowest BCUT2D eigenvalue weighted by Crippen LogP contribution is -2.53. The maximum Gasteiger partial charge on any atom is 0.408 e. The zero-order valence-electron chi connectivity index (χ0n) is 10.3. The van der Waals surface area contributed by atoms with Gasteiger partial charge in [-0.2, -0.15) is 0 Å². The molecule has 0 radical (unpaired) electrons. The normalized spacial score (nSPS) is 26.2. The molecule has 1 amide bonds. The predicted octanol–water partition coefficient (Wildman–Crippen LogP) is 1.93. The first-order valence-corrected chi connectivity index (χ1v) is 5.61. The first-order valence-electron chi connectivity index (χ1n) is 5.61. The smallest absolute Gasteiger partial charge is 0.408 e. The molecule has 0 aromatic rings. The molecule has 2 N–H and O–H groups in total. The van der Waals surface area contributed by atoms with Crippen LogP contribution in [0, 0.1) is 5.41 Å². The van der Waals surface area contributed by atoms with Gasteiger partial charge in [-0.15, -0.1) is 0 Å². The number of hydrogen-bond acceptors (Lipinski definition) is 3. The van der Waals surface area contributed by atoms with Crippen LogP contribution >= 0.6 is 0 Å². The first kappa shape index (κ1) is 13.5. The van der Waals surface area contributed by atoms with Gasteiger partial charge in [-0.1, -0.05) is 26.5 Å². The minimum atomic E-state index is -1.19. The van der Waals surface area contributed by atoms with Gasteiger partial charge < -0.3 is 15.2 Å². The zero-order chi connectivity index (χ0) is 13.1. The number of carboxylic acid groups (broad SMARTS) is 1. The summed E-state index contributed by atoms with van der Waals surface area (Å²) in [5, 5.41) is 11.8. The van der Waals surface area contributed by atoms with Gasteiger partial charge in [0.25, 0.3) is 0 Å². The highest BCUT2D eigenvalue weighted by Gasteiger charge is 2.50.